The van der Waals surface area contributed by atoms with Gasteiger partial charge < -0.3 is 9.47 Å². The van der Waals surface area contributed by atoms with Crippen molar-refractivity contribution < 1.29 is 19.1 Å². The topological polar surface area (TPSA) is 52.6 Å². The molecule has 4 nitrogen and oxygen atoms in total. The zero-order chi connectivity index (χ0) is 13.1. The van der Waals surface area contributed by atoms with Gasteiger partial charge >= 0.3 is 11.9 Å². The fourth-order valence-electron chi connectivity index (χ4n) is 2.22. The molecule has 0 unspecified atom stereocenters. The molecule has 1 rings (SSSR count). The Balaban J connectivity index is 2.71. The summed E-state index contributed by atoms with van der Waals surface area (Å²) in [5, 5.41) is 0. The molecular weight excluding hydrogens is 220 g/mol. The van der Waals surface area contributed by atoms with E-state index in [0.717, 1.165) is 19.3 Å². The largest absolute Gasteiger partial charge is 0.469 e. The summed E-state index contributed by atoms with van der Waals surface area (Å²) in [6.07, 6.45) is 3.38. The number of ether oxygens (including phenoxy) is 2. The Bertz CT molecular complexity index is 290. The van der Waals surface area contributed by atoms with Gasteiger partial charge in [0.2, 0.25) is 0 Å². The van der Waals surface area contributed by atoms with Crippen molar-refractivity contribution in [2.45, 2.75) is 52.1 Å². The second kappa shape index (κ2) is 5.52. The van der Waals surface area contributed by atoms with Crippen LogP contribution >= 0.6 is 0 Å². The molecule has 0 aliphatic heterocycles. The van der Waals surface area contributed by atoms with Gasteiger partial charge in [0.05, 0.1) is 18.9 Å². The smallest absolute Gasteiger partial charge is 0.310 e. The summed E-state index contributed by atoms with van der Waals surface area (Å²) in [5.74, 6) is -1.23. The molecule has 4 heteroatoms. The molecule has 0 radical (unpaired) electrons. The second-order valence-corrected chi connectivity index (χ2v) is 5.55. The second-order valence-electron chi connectivity index (χ2n) is 5.55. The first kappa shape index (κ1) is 14.0. The van der Waals surface area contributed by atoms with E-state index in [1.807, 2.05) is 20.8 Å². The Morgan fingerprint density at radius 3 is 1.88 bits per heavy atom. The number of hydrogen-bond acceptors (Lipinski definition) is 4. The number of carbonyl (C=O) groups excluding carboxylic acids is 2. The van der Waals surface area contributed by atoms with Crippen LogP contribution in [0.1, 0.15) is 46.5 Å². The molecule has 98 valence electrons. The van der Waals surface area contributed by atoms with E-state index in [1.54, 1.807) is 0 Å². The van der Waals surface area contributed by atoms with Crippen LogP contribution < -0.4 is 0 Å². The van der Waals surface area contributed by atoms with Crippen LogP contribution in [0.15, 0.2) is 0 Å². The Labute approximate surface area is 103 Å². The van der Waals surface area contributed by atoms with E-state index in [-0.39, 0.29) is 23.8 Å². The summed E-state index contributed by atoms with van der Waals surface area (Å²) in [6, 6.07) is 0. The molecule has 1 aliphatic carbocycles. The van der Waals surface area contributed by atoms with Crippen molar-refractivity contribution in [3.8, 4) is 0 Å². The fourth-order valence-corrected chi connectivity index (χ4v) is 2.22. The molecule has 0 spiro atoms. The molecule has 1 fully saturated rings. The maximum Gasteiger partial charge on any atom is 0.310 e. The third kappa shape index (κ3) is 4.02. The quantitative estimate of drug-likeness (QED) is 0.697. The molecule has 0 saturated heterocycles. The Kier molecular flexibility index (Phi) is 4.54. The lowest BCUT2D eigenvalue weighted by molar-refractivity contribution is -0.169. The minimum Gasteiger partial charge on any atom is -0.469 e. The van der Waals surface area contributed by atoms with E-state index in [1.165, 1.54) is 7.11 Å². The first-order valence-electron chi connectivity index (χ1n) is 6.16. The number of hydrogen-bond donors (Lipinski definition) is 0. The molecule has 0 aromatic carbocycles. The number of esters is 2. The van der Waals surface area contributed by atoms with Crippen LogP contribution in [-0.2, 0) is 19.1 Å². The van der Waals surface area contributed by atoms with E-state index < -0.39 is 5.60 Å². The van der Waals surface area contributed by atoms with Gasteiger partial charge in [0.1, 0.15) is 5.60 Å². The predicted molar refractivity (Wildman–Crippen MR) is 63.3 cm³/mol. The lowest BCUT2D eigenvalue weighted by Gasteiger charge is -2.30. The van der Waals surface area contributed by atoms with Crippen molar-refractivity contribution in [2.75, 3.05) is 7.11 Å². The normalized spacial score (nSPS) is 25.2. The molecular formula is C13H22O4. The highest BCUT2D eigenvalue weighted by Gasteiger charge is 2.38. The summed E-state index contributed by atoms with van der Waals surface area (Å²) >= 11 is 0. The van der Waals surface area contributed by atoms with Gasteiger partial charge in [-0.2, -0.15) is 0 Å². The highest BCUT2D eigenvalue weighted by atomic mass is 16.6. The minimum absolute atomic E-state index is 0.271. The summed E-state index contributed by atoms with van der Waals surface area (Å²) in [7, 11) is 1.36. The minimum atomic E-state index is -0.505. The summed E-state index contributed by atoms with van der Waals surface area (Å²) < 4.78 is 10.1. The van der Waals surface area contributed by atoms with Crippen molar-refractivity contribution in [1.29, 1.82) is 0 Å². The summed E-state index contributed by atoms with van der Waals surface area (Å²) in [4.78, 5) is 23.6. The Morgan fingerprint density at radius 2 is 1.47 bits per heavy atom. The maximum atomic E-state index is 12.0. The van der Waals surface area contributed by atoms with Crippen molar-refractivity contribution in [1.82, 2.24) is 0 Å². The van der Waals surface area contributed by atoms with Crippen LogP contribution in [0.4, 0.5) is 0 Å². The third-order valence-electron chi connectivity index (χ3n) is 2.98. The third-order valence-corrected chi connectivity index (χ3v) is 2.98. The predicted octanol–water partition coefficient (Wildman–Crippen LogP) is 2.31. The molecule has 17 heavy (non-hydrogen) atoms. The standard InChI is InChI=1S/C13H22O4/c1-13(2,3)17-12(15)10-8-6-5-7-9(10)11(14)16-4/h9-10H,5-8H2,1-4H3/t9-,10+/m0/s1. The molecule has 0 amide bonds. The van der Waals surface area contributed by atoms with E-state index >= 15 is 0 Å². The van der Waals surface area contributed by atoms with Crippen LogP contribution in [0.25, 0.3) is 0 Å². The van der Waals surface area contributed by atoms with Gasteiger partial charge in [0.15, 0.2) is 0 Å². The molecule has 0 bridgehead atoms. The van der Waals surface area contributed by atoms with Gasteiger partial charge in [-0.1, -0.05) is 12.8 Å². The van der Waals surface area contributed by atoms with Crippen molar-refractivity contribution in [3.63, 3.8) is 0 Å². The van der Waals surface area contributed by atoms with Crippen molar-refractivity contribution in [2.24, 2.45) is 11.8 Å². The van der Waals surface area contributed by atoms with Gasteiger partial charge in [-0.25, -0.2) is 0 Å². The highest BCUT2D eigenvalue weighted by Crippen LogP contribution is 2.32. The summed E-state index contributed by atoms with van der Waals surface area (Å²) in [5.41, 5.74) is -0.505. The van der Waals surface area contributed by atoms with Crippen LogP contribution in [0.2, 0.25) is 0 Å². The fraction of sp³-hybridized carbons (Fsp3) is 0.846. The van der Waals surface area contributed by atoms with Gasteiger partial charge in [0, 0.05) is 0 Å². The van der Waals surface area contributed by atoms with E-state index in [9.17, 15) is 9.59 Å². The number of methoxy groups -OCH3 is 1. The zero-order valence-corrected chi connectivity index (χ0v) is 11.1. The van der Waals surface area contributed by atoms with Gasteiger partial charge in [-0.3, -0.25) is 9.59 Å². The van der Waals surface area contributed by atoms with Gasteiger partial charge in [-0.05, 0) is 33.6 Å². The molecule has 0 aromatic heterocycles. The van der Waals surface area contributed by atoms with Crippen LogP contribution in [0, 0.1) is 11.8 Å². The maximum absolute atomic E-state index is 12.0. The Morgan fingerprint density at radius 1 is 1.00 bits per heavy atom. The van der Waals surface area contributed by atoms with E-state index in [2.05, 4.69) is 0 Å². The SMILES string of the molecule is COC(=O)[C@H]1CCCC[C@H]1C(=O)OC(C)(C)C. The molecule has 0 aromatic rings. The molecule has 0 heterocycles. The van der Waals surface area contributed by atoms with Crippen molar-refractivity contribution in [3.05, 3.63) is 0 Å². The molecule has 1 aliphatic rings. The Hall–Kier alpha value is -1.06. The van der Waals surface area contributed by atoms with Gasteiger partial charge in [-0.15, -0.1) is 0 Å². The molecule has 1 saturated carbocycles. The first-order chi connectivity index (χ1) is 7.85. The lowest BCUT2D eigenvalue weighted by atomic mass is 9.79. The van der Waals surface area contributed by atoms with Crippen molar-refractivity contribution >= 4 is 11.9 Å². The first-order valence-corrected chi connectivity index (χ1v) is 6.16. The number of rotatable bonds is 2. The highest BCUT2D eigenvalue weighted by molar-refractivity contribution is 5.82. The summed E-state index contributed by atoms with van der Waals surface area (Å²) in [6.45, 7) is 5.50. The van der Waals surface area contributed by atoms with E-state index in [0.29, 0.717) is 6.42 Å². The average Bonchev–Trinajstić information content (AvgIpc) is 2.25. The monoisotopic (exact) mass is 242 g/mol. The zero-order valence-electron chi connectivity index (χ0n) is 11.1. The average molecular weight is 242 g/mol. The molecule has 0 N–H and O–H groups in total. The van der Waals surface area contributed by atoms with Gasteiger partial charge in [0.25, 0.3) is 0 Å². The van der Waals surface area contributed by atoms with Crippen LogP contribution in [0.5, 0.6) is 0 Å². The van der Waals surface area contributed by atoms with E-state index in [4.69, 9.17) is 9.47 Å². The lowest BCUT2D eigenvalue weighted by Crippen LogP contribution is -2.37. The number of carbonyl (C=O) groups is 2. The van der Waals surface area contributed by atoms with Crippen LogP contribution in [0.3, 0.4) is 0 Å². The molecule has 2 atom stereocenters. The van der Waals surface area contributed by atoms with Crippen LogP contribution in [-0.4, -0.2) is 24.6 Å².